The Bertz CT molecular complexity index is 466. The highest BCUT2D eigenvalue weighted by Gasteiger charge is 2.00. The number of phenolic OH excluding ortho intramolecular Hbond substituents is 2. The zero-order valence-corrected chi connectivity index (χ0v) is 12.9. The first-order valence-corrected chi connectivity index (χ1v) is 7.39. The topological polar surface area (TPSA) is 40.5 Å². The number of alkyl halides is 2. The molecule has 0 heterocycles. The van der Waals surface area contributed by atoms with Gasteiger partial charge in [0.05, 0.1) is 0 Å². The van der Waals surface area contributed by atoms with E-state index in [9.17, 15) is 0 Å². The first-order chi connectivity index (χ1) is 8.97. The highest BCUT2D eigenvalue weighted by Crippen LogP contribution is 2.29. The molecule has 0 unspecified atom stereocenters. The minimum atomic E-state index is -0.459. The number of thiol groups is 1. The van der Waals surface area contributed by atoms with Crippen molar-refractivity contribution in [2.45, 2.75) is 14.0 Å². The monoisotopic (exact) mass is 334 g/mol. The molecule has 0 saturated carbocycles. The second-order valence-electron chi connectivity index (χ2n) is 3.39. The van der Waals surface area contributed by atoms with E-state index in [1.54, 1.807) is 48.5 Å². The fourth-order valence-electron chi connectivity index (χ4n) is 1.08. The summed E-state index contributed by atoms with van der Waals surface area (Å²) < 4.78 is -0.459. The van der Waals surface area contributed by atoms with Crippen LogP contribution >= 0.6 is 47.6 Å². The lowest BCUT2D eigenvalue weighted by atomic mass is 10.3. The second-order valence-corrected chi connectivity index (χ2v) is 6.70. The molecule has 0 fully saturated rings. The van der Waals surface area contributed by atoms with Crippen molar-refractivity contribution < 1.29 is 10.2 Å². The lowest BCUT2D eigenvalue weighted by Crippen LogP contribution is -1.76. The lowest BCUT2D eigenvalue weighted by molar-refractivity contribution is 0.474. The van der Waals surface area contributed by atoms with Crippen molar-refractivity contribution in [2.75, 3.05) is 0 Å². The third kappa shape index (κ3) is 7.47. The fourth-order valence-corrected chi connectivity index (χ4v) is 2.35. The zero-order valence-electron chi connectivity index (χ0n) is 9.70. The minimum Gasteiger partial charge on any atom is -0.508 e. The largest absolute Gasteiger partial charge is 0.508 e. The lowest BCUT2D eigenvalue weighted by Gasteiger charge is -2.00. The summed E-state index contributed by atoms with van der Waals surface area (Å²) in [6, 6.07) is 13.4. The quantitative estimate of drug-likeness (QED) is 0.414. The summed E-state index contributed by atoms with van der Waals surface area (Å²) in [5.74, 6) is 0.526. The Labute approximate surface area is 131 Å². The summed E-state index contributed by atoms with van der Waals surface area (Å²) in [7, 11) is 0. The van der Waals surface area contributed by atoms with Crippen LogP contribution in [0.15, 0.2) is 58.3 Å². The van der Waals surface area contributed by atoms with E-state index in [-0.39, 0.29) is 11.5 Å². The van der Waals surface area contributed by atoms with Crippen molar-refractivity contribution in [1.82, 2.24) is 0 Å². The van der Waals surface area contributed by atoms with Gasteiger partial charge < -0.3 is 10.2 Å². The molecule has 6 heteroatoms. The van der Waals surface area contributed by atoms with Crippen LogP contribution in [0.25, 0.3) is 0 Å². The van der Waals surface area contributed by atoms with Crippen LogP contribution in [0.5, 0.6) is 11.5 Å². The maximum atomic E-state index is 8.92. The number of hydrogen-bond donors (Lipinski definition) is 3. The molecule has 2 nitrogen and oxygen atoms in total. The Kier molecular flexibility index (Phi) is 7.31. The van der Waals surface area contributed by atoms with Crippen molar-refractivity contribution in [3.63, 3.8) is 0 Å². The van der Waals surface area contributed by atoms with Crippen molar-refractivity contribution >= 4 is 47.6 Å². The van der Waals surface area contributed by atoms with Gasteiger partial charge in [-0.25, -0.2) is 0 Å². The summed E-state index contributed by atoms with van der Waals surface area (Å²) in [5.41, 5.74) is 0. The van der Waals surface area contributed by atoms with Crippen LogP contribution in [0.3, 0.4) is 0 Å². The van der Waals surface area contributed by atoms with Gasteiger partial charge in [-0.15, -0.1) is 12.6 Å². The van der Waals surface area contributed by atoms with Crippen LogP contribution in [0.2, 0.25) is 0 Å². The average Bonchev–Trinajstić information content (AvgIpc) is 2.36. The summed E-state index contributed by atoms with van der Waals surface area (Å²) in [4.78, 5) is 1.81. The Morgan fingerprint density at radius 1 is 0.842 bits per heavy atom. The van der Waals surface area contributed by atoms with Gasteiger partial charge in [-0.3, -0.25) is 0 Å². The molecule has 102 valence electrons. The molecule has 0 aliphatic heterocycles. The van der Waals surface area contributed by atoms with Crippen molar-refractivity contribution in [3.8, 4) is 11.5 Å². The van der Waals surface area contributed by atoms with Crippen molar-refractivity contribution in [1.29, 1.82) is 0 Å². The molecule has 0 bridgehead atoms. The van der Waals surface area contributed by atoms with E-state index in [0.717, 1.165) is 9.79 Å². The van der Waals surface area contributed by atoms with Crippen LogP contribution in [0.4, 0.5) is 0 Å². The van der Waals surface area contributed by atoms with Crippen LogP contribution in [-0.2, 0) is 0 Å². The van der Waals surface area contributed by atoms with Gasteiger partial charge in [-0.2, -0.15) is 0 Å². The molecule has 0 aliphatic rings. The van der Waals surface area contributed by atoms with E-state index in [4.69, 9.17) is 33.4 Å². The molecule has 2 N–H and O–H groups in total. The van der Waals surface area contributed by atoms with Gasteiger partial charge in [0.1, 0.15) is 11.5 Å². The van der Waals surface area contributed by atoms with Crippen LogP contribution in [-0.4, -0.2) is 14.4 Å². The van der Waals surface area contributed by atoms with E-state index in [2.05, 4.69) is 12.6 Å². The molecule has 0 atom stereocenters. The van der Waals surface area contributed by atoms with E-state index in [0.29, 0.717) is 0 Å². The highest BCUT2D eigenvalue weighted by atomic mass is 35.5. The molecule has 0 amide bonds. The maximum Gasteiger partial charge on any atom is 0.157 e. The Morgan fingerprint density at radius 2 is 1.26 bits per heavy atom. The first-order valence-electron chi connectivity index (χ1n) is 5.19. The first kappa shape index (κ1) is 16.4. The predicted molar refractivity (Wildman–Crippen MR) is 84.8 cm³/mol. The normalized spacial score (nSPS) is 9.89. The SMILES string of the molecule is Oc1ccc(S)cc1.Oc1ccc(SC(Cl)Cl)cc1. The van der Waals surface area contributed by atoms with Gasteiger partial charge in [0.2, 0.25) is 0 Å². The number of rotatable bonds is 2. The van der Waals surface area contributed by atoms with Crippen molar-refractivity contribution in [3.05, 3.63) is 48.5 Å². The predicted octanol–water partition coefficient (Wildman–Crippen LogP) is 4.93. The zero-order chi connectivity index (χ0) is 14.3. The van der Waals surface area contributed by atoms with Crippen LogP contribution in [0.1, 0.15) is 0 Å². The van der Waals surface area contributed by atoms with E-state index >= 15 is 0 Å². The standard InChI is InChI=1S/C7H6Cl2OS.C6H6OS/c8-7(9)11-6-3-1-5(10)2-4-6;7-5-1-3-6(8)4-2-5/h1-4,7,10H;1-4,7-8H. The molecule has 0 radical (unpaired) electrons. The Balaban J connectivity index is 0.000000200. The summed E-state index contributed by atoms with van der Waals surface area (Å²) in [6.45, 7) is 0. The number of thioether (sulfide) groups is 1. The van der Waals surface area contributed by atoms with Crippen LogP contribution in [0, 0.1) is 0 Å². The van der Waals surface area contributed by atoms with Crippen LogP contribution < -0.4 is 0 Å². The minimum absolute atomic E-state index is 0.245. The van der Waals surface area contributed by atoms with Gasteiger partial charge in [0.25, 0.3) is 0 Å². The summed E-state index contributed by atoms with van der Waals surface area (Å²) in [6.07, 6.45) is 0. The van der Waals surface area contributed by atoms with Gasteiger partial charge in [0, 0.05) is 9.79 Å². The fraction of sp³-hybridized carbons (Fsp3) is 0.0769. The second kappa shape index (κ2) is 8.48. The molecule has 19 heavy (non-hydrogen) atoms. The summed E-state index contributed by atoms with van der Waals surface area (Å²) in [5, 5.41) is 17.6. The molecule has 0 aromatic heterocycles. The van der Waals surface area contributed by atoms with Gasteiger partial charge in [-0.05, 0) is 48.5 Å². The Morgan fingerprint density at radius 3 is 1.63 bits per heavy atom. The van der Waals surface area contributed by atoms with Gasteiger partial charge in [-0.1, -0.05) is 35.0 Å². The highest BCUT2D eigenvalue weighted by molar-refractivity contribution is 8.02. The number of benzene rings is 2. The molecule has 2 rings (SSSR count). The number of hydrogen-bond acceptors (Lipinski definition) is 4. The van der Waals surface area contributed by atoms with Gasteiger partial charge >= 0.3 is 0 Å². The Hall–Kier alpha value is -0.680. The molecule has 2 aromatic rings. The van der Waals surface area contributed by atoms with E-state index in [1.165, 1.54) is 11.8 Å². The van der Waals surface area contributed by atoms with Crippen molar-refractivity contribution in [2.24, 2.45) is 0 Å². The van der Waals surface area contributed by atoms with E-state index in [1.807, 2.05) is 0 Å². The molecule has 0 spiro atoms. The molecular formula is C13H12Cl2O2S2. The smallest absolute Gasteiger partial charge is 0.157 e. The number of aromatic hydroxyl groups is 2. The number of halogens is 2. The molecule has 0 aliphatic carbocycles. The third-order valence-corrected chi connectivity index (χ3v) is 3.47. The average molecular weight is 335 g/mol. The third-order valence-electron chi connectivity index (χ3n) is 1.91. The molecule has 0 saturated heterocycles. The van der Waals surface area contributed by atoms with E-state index < -0.39 is 4.17 Å². The van der Waals surface area contributed by atoms with Gasteiger partial charge in [0.15, 0.2) is 4.17 Å². The maximum absolute atomic E-state index is 8.92. The summed E-state index contributed by atoms with van der Waals surface area (Å²) >= 11 is 16.4. The molecular weight excluding hydrogens is 323 g/mol. The number of phenols is 2. The molecule has 2 aromatic carbocycles.